The van der Waals surface area contributed by atoms with Gasteiger partial charge >= 0.3 is 0 Å². The Morgan fingerprint density at radius 1 is 1.33 bits per heavy atom. The second kappa shape index (κ2) is 5.24. The van der Waals surface area contributed by atoms with Gasteiger partial charge in [0, 0.05) is 13.6 Å². The van der Waals surface area contributed by atoms with Gasteiger partial charge in [-0.25, -0.2) is 4.98 Å². The van der Waals surface area contributed by atoms with Gasteiger partial charge in [-0.1, -0.05) is 12.8 Å². The van der Waals surface area contributed by atoms with Crippen LogP contribution in [0.1, 0.15) is 25.7 Å². The summed E-state index contributed by atoms with van der Waals surface area (Å²) in [5, 5.41) is 14.4. The minimum Gasteiger partial charge on any atom is -0.388 e. The number of rotatable bonds is 4. The zero-order valence-corrected chi connectivity index (χ0v) is 11.8. The SMILES string of the molecule is CN(CC1(O)CCCC1)c1nc(N)nc(-n2cncn2)n1. The van der Waals surface area contributed by atoms with Crippen molar-refractivity contribution in [3.63, 3.8) is 0 Å². The van der Waals surface area contributed by atoms with Crippen LogP contribution in [0.3, 0.4) is 0 Å². The van der Waals surface area contributed by atoms with Gasteiger partial charge in [-0.3, -0.25) is 0 Å². The number of hydrogen-bond donors (Lipinski definition) is 2. The molecule has 0 saturated heterocycles. The quantitative estimate of drug-likeness (QED) is 0.793. The van der Waals surface area contributed by atoms with Crippen molar-refractivity contribution in [3.8, 4) is 5.95 Å². The second-order valence-corrected chi connectivity index (χ2v) is 5.42. The molecule has 0 bridgehead atoms. The molecule has 9 nitrogen and oxygen atoms in total. The number of nitrogens with two attached hydrogens (primary N) is 1. The molecule has 0 atom stereocenters. The van der Waals surface area contributed by atoms with Crippen molar-refractivity contribution in [3.05, 3.63) is 12.7 Å². The predicted octanol–water partition coefficient (Wildman–Crippen LogP) is -0.224. The van der Waals surface area contributed by atoms with Crippen molar-refractivity contribution in [2.45, 2.75) is 31.3 Å². The molecule has 0 amide bonds. The van der Waals surface area contributed by atoms with Crippen LogP contribution in [0, 0.1) is 0 Å². The van der Waals surface area contributed by atoms with E-state index in [2.05, 4.69) is 25.0 Å². The number of anilines is 2. The standard InChI is InChI=1S/C12H18N8O/c1-19(6-12(21)4-2-3-5-12)10-16-9(13)17-11(18-10)20-8-14-7-15-20/h7-8,21H,2-6H2,1H3,(H2,13,16,17,18). The molecule has 0 aromatic carbocycles. The summed E-state index contributed by atoms with van der Waals surface area (Å²) in [6.07, 6.45) is 6.58. The van der Waals surface area contributed by atoms with E-state index in [0.717, 1.165) is 25.7 Å². The monoisotopic (exact) mass is 290 g/mol. The third kappa shape index (κ3) is 2.92. The van der Waals surface area contributed by atoms with Crippen LogP contribution in [-0.2, 0) is 0 Å². The van der Waals surface area contributed by atoms with Gasteiger partial charge in [-0.15, -0.1) is 0 Å². The Morgan fingerprint density at radius 3 is 2.76 bits per heavy atom. The Morgan fingerprint density at radius 2 is 2.10 bits per heavy atom. The summed E-state index contributed by atoms with van der Waals surface area (Å²) in [6, 6.07) is 0. The molecule has 1 aliphatic carbocycles. The Balaban J connectivity index is 1.84. The van der Waals surface area contributed by atoms with E-state index in [4.69, 9.17) is 5.73 Å². The summed E-state index contributed by atoms with van der Waals surface area (Å²) in [6.45, 7) is 0.466. The van der Waals surface area contributed by atoms with Crippen LogP contribution in [0.5, 0.6) is 0 Å². The minimum atomic E-state index is -0.677. The van der Waals surface area contributed by atoms with E-state index in [1.54, 1.807) is 4.90 Å². The lowest BCUT2D eigenvalue weighted by Gasteiger charge is -2.28. The normalized spacial score (nSPS) is 17.0. The first-order chi connectivity index (χ1) is 10.1. The van der Waals surface area contributed by atoms with Crippen molar-refractivity contribution < 1.29 is 5.11 Å². The van der Waals surface area contributed by atoms with Gasteiger partial charge in [0.05, 0.1) is 5.60 Å². The zero-order chi connectivity index (χ0) is 14.9. The highest BCUT2D eigenvalue weighted by Crippen LogP contribution is 2.30. The maximum atomic E-state index is 10.5. The van der Waals surface area contributed by atoms with Crippen LogP contribution < -0.4 is 10.6 Å². The Bertz CT molecular complexity index is 608. The van der Waals surface area contributed by atoms with E-state index in [-0.39, 0.29) is 5.95 Å². The van der Waals surface area contributed by atoms with E-state index < -0.39 is 5.60 Å². The molecule has 1 aliphatic rings. The molecular weight excluding hydrogens is 272 g/mol. The fraction of sp³-hybridized carbons (Fsp3) is 0.583. The van der Waals surface area contributed by atoms with Crippen LogP contribution in [0.15, 0.2) is 12.7 Å². The molecule has 9 heteroatoms. The molecule has 3 N–H and O–H groups in total. The van der Waals surface area contributed by atoms with Gasteiger partial charge in [0.25, 0.3) is 5.95 Å². The molecule has 1 fully saturated rings. The highest BCUT2D eigenvalue weighted by molar-refractivity contribution is 5.37. The summed E-state index contributed by atoms with van der Waals surface area (Å²) < 4.78 is 1.42. The van der Waals surface area contributed by atoms with Crippen LogP contribution >= 0.6 is 0 Å². The fourth-order valence-corrected chi connectivity index (χ4v) is 2.66. The maximum absolute atomic E-state index is 10.5. The molecule has 2 heterocycles. The zero-order valence-electron chi connectivity index (χ0n) is 11.8. The van der Waals surface area contributed by atoms with Crippen LogP contribution in [0.4, 0.5) is 11.9 Å². The number of likely N-dealkylation sites (N-methyl/N-ethyl adjacent to an activating group) is 1. The summed E-state index contributed by atoms with van der Waals surface area (Å²) in [4.78, 5) is 18.1. The Kier molecular flexibility index (Phi) is 3.42. The highest BCUT2D eigenvalue weighted by atomic mass is 16.3. The first-order valence-corrected chi connectivity index (χ1v) is 6.86. The molecule has 3 rings (SSSR count). The van der Waals surface area contributed by atoms with Crippen molar-refractivity contribution in [2.75, 3.05) is 24.2 Å². The number of nitrogen functional groups attached to an aromatic ring is 1. The summed E-state index contributed by atoms with van der Waals surface area (Å²) in [5.41, 5.74) is 5.05. The van der Waals surface area contributed by atoms with E-state index in [1.165, 1.54) is 17.3 Å². The van der Waals surface area contributed by atoms with Gasteiger partial charge < -0.3 is 15.7 Å². The lowest BCUT2D eigenvalue weighted by atomic mass is 10.0. The van der Waals surface area contributed by atoms with Crippen LogP contribution in [0.2, 0.25) is 0 Å². The molecule has 0 aliphatic heterocycles. The van der Waals surface area contributed by atoms with Crippen molar-refractivity contribution in [1.82, 2.24) is 29.7 Å². The van der Waals surface area contributed by atoms with Crippen LogP contribution in [-0.4, -0.2) is 54.0 Å². The average molecular weight is 290 g/mol. The van der Waals surface area contributed by atoms with Crippen LogP contribution in [0.25, 0.3) is 5.95 Å². The molecular formula is C12H18N8O. The highest BCUT2D eigenvalue weighted by Gasteiger charge is 2.33. The van der Waals surface area contributed by atoms with Gasteiger partial charge in [0.1, 0.15) is 12.7 Å². The molecule has 1 saturated carbocycles. The largest absolute Gasteiger partial charge is 0.388 e. The summed E-state index contributed by atoms with van der Waals surface area (Å²) in [7, 11) is 1.83. The van der Waals surface area contributed by atoms with E-state index in [9.17, 15) is 5.11 Å². The average Bonchev–Trinajstić information content (AvgIpc) is 3.09. The summed E-state index contributed by atoms with van der Waals surface area (Å²) >= 11 is 0. The molecule has 0 radical (unpaired) electrons. The molecule has 0 unspecified atom stereocenters. The van der Waals surface area contributed by atoms with E-state index >= 15 is 0 Å². The Hall–Kier alpha value is -2.29. The molecule has 0 spiro atoms. The predicted molar refractivity (Wildman–Crippen MR) is 75.8 cm³/mol. The van der Waals surface area contributed by atoms with E-state index in [1.807, 2.05) is 7.05 Å². The number of nitrogens with zero attached hydrogens (tertiary/aromatic N) is 7. The second-order valence-electron chi connectivity index (χ2n) is 5.42. The molecule has 21 heavy (non-hydrogen) atoms. The first-order valence-electron chi connectivity index (χ1n) is 6.86. The lowest BCUT2D eigenvalue weighted by molar-refractivity contribution is 0.0556. The number of aliphatic hydroxyl groups is 1. The molecule has 112 valence electrons. The molecule has 2 aromatic heterocycles. The van der Waals surface area contributed by atoms with Crippen molar-refractivity contribution in [1.29, 1.82) is 0 Å². The van der Waals surface area contributed by atoms with E-state index in [0.29, 0.717) is 18.4 Å². The third-order valence-corrected chi connectivity index (χ3v) is 3.66. The smallest absolute Gasteiger partial charge is 0.258 e. The third-order valence-electron chi connectivity index (χ3n) is 3.66. The van der Waals surface area contributed by atoms with Gasteiger partial charge in [-0.05, 0) is 12.8 Å². The van der Waals surface area contributed by atoms with Gasteiger partial charge in [0.2, 0.25) is 11.9 Å². The Labute approximate surface area is 121 Å². The maximum Gasteiger partial charge on any atom is 0.258 e. The first kappa shape index (κ1) is 13.7. The lowest BCUT2D eigenvalue weighted by Crippen LogP contribution is -2.40. The number of aromatic nitrogens is 6. The summed E-state index contributed by atoms with van der Waals surface area (Å²) in [5.74, 6) is 0.823. The topological polar surface area (TPSA) is 119 Å². The number of hydrogen-bond acceptors (Lipinski definition) is 8. The minimum absolute atomic E-state index is 0.107. The van der Waals surface area contributed by atoms with Gasteiger partial charge in [-0.2, -0.15) is 24.7 Å². The van der Waals surface area contributed by atoms with Gasteiger partial charge in [0.15, 0.2) is 0 Å². The van der Waals surface area contributed by atoms with Crippen molar-refractivity contribution in [2.24, 2.45) is 0 Å². The van der Waals surface area contributed by atoms with Crippen molar-refractivity contribution >= 4 is 11.9 Å². The fourth-order valence-electron chi connectivity index (χ4n) is 2.66. The molecule has 2 aromatic rings.